The Morgan fingerprint density at radius 1 is 0.964 bits per heavy atom. The molecule has 0 spiro atoms. The summed E-state index contributed by atoms with van der Waals surface area (Å²) in [6.07, 6.45) is 3.29. The van der Waals surface area contributed by atoms with Gasteiger partial charge in [0.1, 0.15) is 5.69 Å². The van der Waals surface area contributed by atoms with Crippen molar-refractivity contribution in [1.29, 1.82) is 0 Å². The molecule has 28 heavy (non-hydrogen) atoms. The van der Waals surface area contributed by atoms with E-state index in [1.807, 2.05) is 42.5 Å². The van der Waals surface area contributed by atoms with Crippen molar-refractivity contribution < 1.29 is 4.79 Å². The fourth-order valence-electron chi connectivity index (χ4n) is 2.78. The van der Waals surface area contributed by atoms with E-state index in [0.717, 1.165) is 30.2 Å². The Balaban J connectivity index is 1.62. The van der Waals surface area contributed by atoms with Crippen LogP contribution in [-0.2, 0) is 6.54 Å². The zero-order chi connectivity index (χ0) is 19.8. The Morgan fingerprint density at radius 3 is 2.43 bits per heavy atom. The number of nitrogens with one attached hydrogen (secondary N) is 2. The lowest BCUT2D eigenvalue weighted by Gasteiger charge is -2.21. The Hall–Kier alpha value is -3.48. The molecule has 2 N–H and O–H groups in total. The number of benzene rings is 1. The lowest BCUT2D eigenvalue weighted by atomic mass is 10.2. The van der Waals surface area contributed by atoms with Crippen molar-refractivity contribution in [2.45, 2.75) is 20.4 Å². The molecule has 2 aromatic heterocycles. The van der Waals surface area contributed by atoms with Gasteiger partial charge in [0.15, 0.2) is 0 Å². The molecule has 0 unspecified atom stereocenters. The zero-order valence-corrected chi connectivity index (χ0v) is 16.1. The maximum absolute atomic E-state index is 12.5. The van der Waals surface area contributed by atoms with Crippen LogP contribution >= 0.6 is 0 Å². The minimum Gasteiger partial charge on any atom is -0.372 e. The van der Waals surface area contributed by atoms with Crippen molar-refractivity contribution in [3.63, 3.8) is 0 Å². The highest BCUT2D eigenvalue weighted by molar-refractivity contribution is 6.03. The van der Waals surface area contributed by atoms with Crippen LogP contribution in [0.2, 0.25) is 0 Å². The molecule has 3 rings (SSSR count). The van der Waals surface area contributed by atoms with E-state index in [-0.39, 0.29) is 5.91 Å². The summed E-state index contributed by atoms with van der Waals surface area (Å²) >= 11 is 0. The highest BCUT2D eigenvalue weighted by Gasteiger charge is 2.10. The maximum atomic E-state index is 12.5. The normalized spacial score (nSPS) is 10.4. The van der Waals surface area contributed by atoms with Gasteiger partial charge in [-0.05, 0) is 56.3 Å². The second-order valence-electron chi connectivity index (χ2n) is 6.11. The number of nitrogens with zero attached hydrogens (tertiary/aromatic N) is 4. The molecule has 0 bridgehead atoms. The molecule has 1 aromatic carbocycles. The second-order valence-corrected chi connectivity index (χ2v) is 6.11. The lowest BCUT2D eigenvalue weighted by Crippen LogP contribution is -2.21. The van der Waals surface area contributed by atoms with Crippen LogP contribution in [0.15, 0.2) is 60.9 Å². The predicted octanol–water partition coefficient (Wildman–Crippen LogP) is 3.58. The van der Waals surface area contributed by atoms with Crippen molar-refractivity contribution in [1.82, 2.24) is 15.0 Å². The lowest BCUT2D eigenvalue weighted by molar-refractivity contribution is 0.102. The molecule has 0 aliphatic heterocycles. The largest absolute Gasteiger partial charge is 0.372 e. The van der Waals surface area contributed by atoms with Gasteiger partial charge in [0.2, 0.25) is 5.95 Å². The first-order valence-electron chi connectivity index (χ1n) is 9.32. The van der Waals surface area contributed by atoms with Crippen LogP contribution in [0.5, 0.6) is 0 Å². The number of rotatable bonds is 8. The standard InChI is InChI=1S/C21H24N6O/c1-3-27(4-2)18-10-8-16(9-11-18)25-20(28)19-12-14-23-21(26-19)24-15-17-7-5-6-13-22-17/h5-14H,3-4,15H2,1-2H3,(H,25,28)(H,23,24,26). The number of pyridine rings is 1. The fourth-order valence-corrected chi connectivity index (χ4v) is 2.78. The molecule has 0 fully saturated rings. The Kier molecular flexibility index (Phi) is 6.51. The number of anilines is 3. The molecule has 7 heteroatoms. The summed E-state index contributed by atoms with van der Waals surface area (Å²) in [6, 6.07) is 15.1. The van der Waals surface area contributed by atoms with Crippen molar-refractivity contribution >= 4 is 23.2 Å². The van der Waals surface area contributed by atoms with Gasteiger partial charge in [-0.15, -0.1) is 0 Å². The van der Waals surface area contributed by atoms with Gasteiger partial charge < -0.3 is 15.5 Å². The van der Waals surface area contributed by atoms with E-state index in [2.05, 4.69) is 44.3 Å². The monoisotopic (exact) mass is 376 g/mol. The molecule has 1 amide bonds. The number of carbonyl (C=O) groups excluding carboxylic acids is 1. The van der Waals surface area contributed by atoms with Gasteiger partial charge >= 0.3 is 0 Å². The highest BCUT2D eigenvalue weighted by atomic mass is 16.1. The summed E-state index contributed by atoms with van der Waals surface area (Å²) in [5.41, 5.74) is 3.02. The van der Waals surface area contributed by atoms with Gasteiger partial charge in [-0.3, -0.25) is 9.78 Å². The third-order valence-corrected chi connectivity index (χ3v) is 4.30. The minimum absolute atomic E-state index is 0.279. The molecule has 7 nitrogen and oxygen atoms in total. The number of hydrogen-bond acceptors (Lipinski definition) is 6. The SMILES string of the molecule is CCN(CC)c1ccc(NC(=O)c2ccnc(NCc3ccccn3)n2)cc1. The van der Waals surface area contributed by atoms with Crippen molar-refractivity contribution in [3.05, 3.63) is 72.3 Å². The van der Waals surface area contributed by atoms with Crippen LogP contribution in [-0.4, -0.2) is 33.9 Å². The average molecular weight is 376 g/mol. The molecule has 0 atom stereocenters. The Bertz CT molecular complexity index is 894. The smallest absolute Gasteiger partial charge is 0.274 e. The van der Waals surface area contributed by atoms with Crippen LogP contribution in [0.25, 0.3) is 0 Å². The van der Waals surface area contributed by atoms with E-state index < -0.39 is 0 Å². The van der Waals surface area contributed by atoms with Gasteiger partial charge in [-0.1, -0.05) is 6.07 Å². The predicted molar refractivity (Wildman–Crippen MR) is 112 cm³/mol. The van der Waals surface area contributed by atoms with E-state index in [4.69, 9.17) is 0 Å². The summed E-state index contributed by atoms with van der Waals surface area (Å²) < 4.78 is 0. The number of amides is 1. The van der Waals surface area contributed by atoms with E-state index in [1.54, 1.807) is 18.5 Å². The number of aromatic nitrogens is 3. The molecule has 3 aromatic rings. The first kappa shape index (κ1) is 19.3. The van der Waals surface area contributed by atoms with Crippen molar-refractivity contribution in [3.8, 4) is 0 Å². The molecule has 0 saturated carbocycles. The zero-order valence-electron chi connectivity index (χ0n) is 16.1. The van der Waals surface area contributed by atoms with Crippen LogP contribution in [0.1, 0.15) is 30.0 Å². The highest BCUT2D eigenvalue weighted by Crippen LogP contribution is 2.18. The third-order valence-electron chi connectivity index (χ3n) is 4.30. The van der Waals surface area contributed by atoms with Gasteiger partial charge in [-0.2, -0.15) is 0 Å². The molecule has 144 valence electrons. The molecule has 0 aliphatic carbocycles. The summed E-state index contributed by atoms with van der Waals surface area (Å²) in [5, 5.41) is 5.96. The van der Waals surface area contributed by atoms with Gasteiger partial charge in [0.05, 0.1) is 12.2 Å². The summed E-state index contributed by atoms with van der Waals surface area (Å²) in [7, 11) is 0. The average Bonchev–Trinajstić information content (AvgIpc) is 2.75. The Labute approximate surface area is 164 Å². The summed E-state index contributed by atoms with van der Waals surface area (Å²) in [5.74, 6) is 0.106. The fraction of sp³-hybridized carbons (Fsp3) is 0.238. The van der Waals surface area contributed by atoms with Crippen molar-refractivity contribution in [2.24, 2.45) is 0 Å². The quantitative estimate of drug-likeness (QED) is 0.625. The summed E-state index contributed by atoms with van der Waals surface area (Å²) in [6.45, 7) is 6.61. The van der Waals surface area contributed by atoms with Gasteiger partial charge in [0, 0.05) is 36.9 Å². The molecule has 0 aliphatic rings. The van der Waals surface area contributed by atoms with Crippen LogP contribution < -0.4 is 15.5 Å². The first-order valence-corrected chi connectivity index (χ1v) is 9.32. The Morgan fingerprint density at radius 2 is 1.75 bits per heavy atom. The summed E-state index contributed by atoms with van der Waals surface area (Å²) in [4.78, 5) is 27.4. The van der Waals surface area contributed by atoms with Crippen LogP contribution in [0.3, 0.4) is 0 Å². The number of hydrogen-bond donors (Lipinski definition) is 2. The van der Waals surface area contributed by atoms with Gasteiger partial charge in [0.25, 0.3) is 5.91 Å². The molecule has 2 heterocycles. The maximum Gasteiger partial charge on any atom is 0.274 e. The van der Waals surface area contributed by atoms with Crippen molar-refractivity contribution in [2.75, 3.05) is 28.6 Å². The molecular formula is C21H24N6O. The molecule has 0 radical (unpaired) electrons. The topological polar surface area (TPSA) is 83.0 Å². The van der Waals surface area contributed by atoms with E-state index in [9.17, 15) is 4.79 Å². The van der Waals surface area contributed by atoms with Crippen LogP contribution in [0.4, 0.5) is 17.3 Å². The van der Waals surface area contributed by atoms with E-state index in [0.29, 0.717) is 18.2 Å². The third kappa shape index (κ3) is 5.03. The molecule has 0 saturated heterocycles. The second kappa shape index (κ2) is 9.45. The number of carbonyl (C=O) groups is 1. The van der Waals surface area contributed by atoms with E-state index in [1.165, 1.54) is 0 Å². The minimum atomic E-state index is -0.279. The van der Waals surface area contributed by atoms with E-state index >= 15 is 0 Å². The first-order chi connectivity index (χ1) is 13.7. The van der Waals surface area contributed by atoms with Crippen LogP contribution in [0, 0.1) is 0 Å². The molecular weight excluding hydrogens is 352 g/mol. The van der Waals surface area contributed by atoms with Gasteiger partial charge in [-0.25, -0.2) is 9.97 Å².